The van der Waals surface area contributed by atoms with Crippen LogP contribution < -0.4 is 4.57 Å². The zero-order valence-electron chi connectivity index (χ0n) is 18.3. The fraction of sp³-hybridized carbons (Fsp3) is 0.875. The van der Waals surface area contributed by atoms with Gasteiger partial charge in [0.2, 0.25) is 0 Å². The van der Waals surface area contributed by atoms with Crippen molar-refractivity contribution in [3.8, 4) is 0 Å². The third kappa shape index (κ3) is 10.4. The molecule has 0 radical (unpaired) electrons. The average molecular weight is 364 g/mol. The number of rotatable bonds is 18. The van der Waals surface area contributed by atoms with Crippen LogP contribution in [-0.4, -0.2) is 4.57 Å². The van der Waals surface area contributed by atoms with E-state index < -0.39 is 0 Å². The first-order valence-electron chi connectivity index (χ1n) is 11.9. The summed E-state index contributed by atoms with van der Waals surface area (Å²) in [5.41, 5.74) is 0. The molecule has 1 aromatic rings. The van der Waals surface area contributed by atoms with Crippen molar-refractivity contribution in [1.82, 2.24) is 4.57 Å². The minimum absolute atomic E-state index is 1.14. The molecule has 2 heteroatoms. The van der Waals surface area contributed by atoms with Gasteiger partial charge >= 0.3 is 0 Å². The largest absolute Gasteiger partial charge is 0.256 e. The second-order valence-corrected chi connectivity index (χ2v) is 8.05. The van der Waals surface area contributed by atoms with Gasteiger partial charge < -0.3 is 0 Å². The summed E-state index contributed by atoms with van der Waals surface area (Å²) < 4.78 is 4.92. The monoisotopic (exact) mass is 363 g/mol. The molecule has 1 rings (SSSR count). The average Bonchev–Trinajstić information content (AvgIpc) is 3.04. The van der Waals surface area contributed by atoms with Gasteiger partial charge in [-0.3, -0.25) is 0 Å². The molecule has 1 aromatic heterocycles. The lowest BCUT2D eigenvalue weighted by Gasteiger charge is -2.04. The molecule has 0 bridgehead atoms. The minimum atomic E-state index is 1.14. The SMILES string of the molecule is CCCCCCCCCCCCCCCCn1cc[n+](CCC)c1CC. The predicted molar refractivity (Wildman–Crippen MR) is 115 cm³/mol. The first kappa shape index (κ1) is 23.2. The fourth-order valence-corrected chi connectivity index (χ4v) is 4.03. The van der Waals surface area contributed by atoms with Gasteiger partial charge in [0, 0.05) is 6.42 Å². The van der Waals surface area contributed by atoms with Gasteiger partial charge in [0.25, 0.3) is 5.82 Å². The summed E-state index contributed by atoms with van der Waals surface area (Å²) in [5.74, 6) is 1.50. The lowest BCUT2D eigenvalue weighted by Crippen LogP contribution is -2.36. The number of imidazole rings is 1. The molecule has 0 atom stereocenters. The molecule has 0 amide bonds. The van der Waals surface area contributed by atoms with Gasteiger partial charge in [-0.1, -0.05) is 97.8 Å². The van der Waals surface area contributed by atoms with Crippen LogP contribution >= 0.6 is 0 Å². The number of unbranched alkanes of at least 4 members (excludes halogenated alkanes) is 13. The van der Waals surface area contributed by atoms with Gasteiger partial charge in [-0.05, 0) is 19.3 Å². The zero-order valence-corrected chi connectivity index (χ0v) is 18.3. The summed E-state index contributed by atoms with van der Waals surface area (Å²) in [6.45, 7) is 9.21. The highest BCUT2D eigenvalue weighted by molar-refractivity contribution is 4.82. The van der Waals surface area contributed by atoms with Crippen LogP contribution in [-0.2, 0) is 19.5 Å². The third-order valence-corrected chi connectivity index (χ3v) is 5.62. The van der Waals surface area contributed by atoms with E-state index in [0.717, 1.165) is 13.0 Å². The molecule has 0 aliphatic heterocycles. The molecule has 0 aliphatic carbocycles. The van der Waals surface area contributed by atoms with Gasteiger partial charge in [0.1, 0.15) is 12.4 Å². The molecular formula is C24H47N2+. The van der Waals surface area contributed by atoms with E-state index in [1.165, 1.54) is 109 Å². The van der Waals surface area contributed by atoms with Crippen LogP contribution in [0.4, 0.5) is 0 Å². The van der Waals surface area contributed by atoms with E-state index in [2.05, 4.69) is 42.3 Å². The van der Waals surface area contributed by atoms with Crippen LogP contribution in [0, 0.1) is 0 Å². The van der Waals surface area contributed by atoms with E-state index in [1.54, 1.807) is 0 Å². The van der Waals surface area contributed by atoms with Gasteiger partial charge in [-0.2, -0.15) is 0 Å². The lowest BCUT2D eigenvalue weighted by molar-refractivity contribution is -0.703. The van der Waals surface area contributed by atoms with Crippen molar-refractivity contribution in [2.75, 3.05) is 0 Å². The Hall–Kier alpha value is -0.790. The topological polar surface area (TPSA) is 8.81 Å². The Balaban J connectivity index is 1.92. The molecule has 0 saturated carbocycles. The molecule has 0 unspecified atom stereocenters. The predicted octanol–water partition coefficient (Wildman–Crippen LogP) is 7.23. The smallest absolute Gasteiger partial charge is 0.234 e. The van der Waals surface area contributed by atoms with Crippen molar-refractivity contribution >= 4 is 0 Å². The first-order valence-corrected chi connectivity index (χ1v) is 11.9. The van der Waals surface area contributed by atoms with Crippen LogP contribution in [0.25, 0.3) is 0 Å². The summed E-state index contributed by atoms with van der Waals surface area (Å²) in [6, 6.07) is 0. The van der Waals surface area contributed by atoms with Crippen molar-refractivity contribution in [2.24, 2.45) is 0 Å². The molecule has 0 spiro atoms. The molecule has 0 aromatic carbocycles. The highest BCUT2D eigenvalue weighted by Crippen LogP contribution is 2.13. The van der Waals surface area contributed by atoms with Gasteiger partial charge in [-0.15, -0.1) is 0 Å². The Labute approximate surface area is 164 Å². The highest BCUT2D eigenvalue weighted by atomic mass is 15.1. The maximum atomic E-state index is 2.48. The second kappa shape index (κ2) is 16.4. The van der Waals surface area contributed by atoms with Crippen molar-refractivity contribution in [3.05, 3.63) is 18.2 Å². The van der Waals surface area contributed by atoms with Crippen LogP contribution in [0.5, 0.6) is 0 Å². The number of aryl methyl sites for hydroxylation is 2. The van der Waals surface area contributed by atoms with E-state index in [1.807, 2.05) is 0 Å². The van der Waals surface area contributed by atoms with Crippen LogP contribution in [0.15, 0.2) is 12.4 Å². The van der Waals surface area contributed by atoms with Crippen molar-refractivity contribution in [3.63, 3.8) is 0 Å². The Bertz CT molecular complexity index is 422. The van der Waals surface area contributed by atoms with E-state index >= 15 is 0 Å². The minimum Gasteiger partial charge on any atom is -0.234 e. The zero-order chi connectivity index (χ0) is 18.9. The van der Waals surface area contributed by atoms with E-state index in [9.17, 15) is 0 Å². The van der Waals surface area contributed by atoms with Gasteiger partial charge in [-0.25, -0.2) is 9.13 Å². The summed E-state index contributed by atoms with van der Waals surface area (Å²) in [5, 5.41) is 0. The standard InChI is InChI=1S/C24H47N2/c1-4-7-8-9-10-11-12-13-14-15-16-17-18-19-21-26-23-22-25(20-5-2)24(26)6-3/h22-23H,4-21H2,1-3H3/q+1. The van der Waals surface area contributed by atoms with Gasteiger partial charge in [0.05, 0.1) is 13.1 Å². The number of hydrogen-bond acceptors (Lipinski definition) is 0. The van der Waals surface area contributed by atoms with Crippen LogP contribution in [0.1, 0.15) is 123 Å². The molecule has 152 valence electrons. The molecule has 1 heterocycles. The highest BCUT2D eigenvalue weighted by Gasteiger charge is 2.13. The maximum Gasteiger partial charge on any atom is 0.256 e. The lowest BCUT2D eigenvalue weighted by atomic mass is 10.0. The van der Waals surface area contributed by atoms with Crippen molar-refractivity contribution < 1.29 is 4.57 Å². The van der Waals surface area contributed by atoms with Crippen LogP contribution in [0.3, 0.4) is 0 Å². The second-order valence-electron chi connectivity index (χ2n) is 8.05. The molecule has 0 fully saturated rings. The molecule has 0 aliphatic rings. The molecule has 2 nitrogen and oxygen atoms in total. The Kier molecular flexibility index (Phi) is 14.7. The molecule has 26 heavy (non-hydrogen) atoms. The number of nitrogens with zero attached hydrogens (tertiary/aromatic N) is 2. The first-order chi connectivity index (χ1) is 12.8. The molecular weight excluding hydrogens is 316 g/mol. The Morgan fingerprint density at radius 2 is 1.15 bits per heavy atom. The van der Waals surface area contributed by atoms with Crippen LogP contribution in [0.2, 0.25) is 0 Å². The van der Waals surface area contributed by atoms with Gasteiger partial charge in [0.15, 0.2) is 0 Å². The maximum absolute atomic E-state index is 2.48. The van der Waals surface area contributed by atoms with E-state index in [0.29, 0.717) is 0 Å². The normalized spacial score (nSPS) is 11.3. The third-order valence-electron chi connectivity index (χ3n) is 5.62. The molecule has 0 saturated heterocycles. The molecule has 0 N–H and O–H groups in total. The summed E-state index contributed by atoms with van der Waals surface area (Å²) in [4.78, 5) is 0. The fourth-order valence-electron chi connectivity index (χ4n) is 4.03. The number of aromatic nitrogens is 2. The van der Waals surface area contributed by atoms with Crippen molar-refractivity contribution in [2.45, 2.75) is 137 Å². The Morgan fingerprint density at radius 3 is 1.62 bits per heavy atom. The Morgan fingerprint density at radius 1 is 0.654 bits per heavy atom. The summed E-state index contributed by atoms with van der Waals surface area (Å²) >= 11 is 0. The van der Waals surface area contributed by atoms with E-state index in [-0.39, 0.29) is 0 Å². The van der Waals surface area contributed by atoms with E-state index in [4.69, 9.17) is 0 Å². The number of hydrogen-bond donors (Lipinski definition) is 0. The van der Waals surface area contributed by atoms with Crippen molar-refractivity contribution in [1.29, 1.82) is 0 Å². The summed E-state index contributed by atoms with van der Waals surface area (Å²) in [7, 11) is 0. The summed E-state index contributed by atoms with van der Waals surface area (Å²) in [6.07, 6.45) is 27.0. The quantitative estimate of drug-likeness (QED) is 0.192.